The van der Waals surface area contributed by atoms with Gasteiger partial charge in [0.2, 0.25) is 0 Å². The smallest absolute Gasteiger partial charge is 0.148 e. The number of nitrogens with zero attached hydrogens (tertiary/aromatic N) is 4. The second kappa shape index (κ2) is 6.85. The number of aryl methyl sites for hydroxylation is 2. The van der Waals surface area contributed by atoms with Crippen molar-refractivity contribution in [3.63, 3.8) is 0 Å². The molecule has 0 spiro atoms. The Morgan fingerprint density at radius 2 is 2.10 bits per heavy atom. The van der Waals surface area contributed by atoms with E-state index in [0.717, 1.165) is 43.1 Å². The molecule has 2 rings (SSSR count). The monoisotopic (exact) mass is 275 g/mol. The molecule has 0 radical (unpaired) electrons. The van der Waals surface area contributed by atoms with E-state index in [-0.39, 0.29) is 0 Å². The summed E-state index contributed by atoms with van der Waals surface area (Å²) in [5.74, 6) is 7.77. The normalized spacial score (nSPS) is 10.6. The molecule has 20 heavy (non-hydrogen) atoms. The van der Waals surface area contributed by atoms with E-state index in [1.165, 1.54) is 0 Å². The SMILES string of the molecule is CCc1nc(NN)c(C)c(NCCCn2cccn2)n1. The topological polar surface area (TPSA) is 93.7 Å². The quantitative estimate of drug-likeness (QED) is 0.401. The minimum Gasteiger partial charge on any atom is -0.370 e. The standard InChI is InChI=1S/C13H21N7/c1-3-11-17-12(10(2)13(18-11)19-14)15-6-4-8-20-9-5-7-16-20/h5,7,9H,3-4,6,8,14H2,1-2H3,(H2,15,17,18,19). The van der Waals surface area contributed by atoms with Crippen LogP contribution in [0.1, 0.15) is 24.7 Å². The molecule has 7 heteroatoms. The summed E-state index contributed by atoms with van der Waals surface area (Å²) in [6.07, 6.45) is 5.49. The first kappa shape index (κ1) is 14.3. The van der Waals surface area contributed by atoms with Gasteiger partial charge in [0, 0.05) is 37.5 Å². The third-order valence-corrected chi connectivity index (χ3v) is 3.06. The van der Waals surface area contributed by atoms with Crippen molar-refractivity contribution in [3.05, 3.63) is 29.8 Å². The zero-order valence-corrected chi connectivity index (χ0v) is 11.9. The molecule has 0 aliphatic heterocycles. The zero-order chi connectivity index (χ0) is 14.4. The summed E-state index contributed by atoms with van der Waals surface area (Å²) in [7, 11) is 0. The second-order valence-electron chi connectivity index (χ2n) is 4.51. The highest BCUT2D eigenvalue weighted by atomic mass is 15.3. The number of hydrogen-bond donors (Lipinski definition) is 3. The molecule has 0 atom stereocenters. The summed E-state index contributed by atoms with van der Waals surface area (Å²) >= 11 is 0. The predicted octanol–water partition coefficient (Wildman–Crippen LogP) is 1.33. The number of nitrogens with one attached hydrogen (secondary N) is 2. The van der Waals surface area contributed by atoms with Crippen molar-refractivity contribution in [2.45, 2.75) is 33.2 Å². The Labute approximate surface area is 118 Å². The maximum absolute atomic E-state index is 5.48. The Kier molecular flexibility index (Phi) is 4.89. The van der Waals surface area contributed by atoms with E-state index in [4.69, 9.17) is 5.84 Å². The summed E-state index contributed by atoms with van der Waals surface area (Å²) in [6.45, 7) is 5.68. The molecular weight excluding hydrogens is 254 g/mol. The van der Waals surface area contributed by atoms with Gasteiger partial charge in [-0.25, -0.2) is 15.8 Å². The van der Waals surface area contributed by atoms with Gasteiger partial charge in [-0.05, 0) is 19.4 Å². The summed E-state index contributed by atoms with van der Waals surface area (Å²) in [4.78, 5) is 8.83. The van der Waals surface area contributed by atoms with E-state index in [2.05, 4.69) is 25.8 Å². The van der Waals surface area contributed by atoms with Gasteiger partial charge in [-0.2, -0.15) is 5.10 Å². The third kappa shape index (κ3) is 3.45. The van der Waals surface area contributed by atoms with Crippen molar-refractivity contribution in [2.75, 3.05) is 17.3 Å². The average molecular weight is 275 g/mol. The zero-order valence-electron chi connectivity index (χ0n) is 11.9. The van der Waals surface area contributed by atoms with Crippen molar-refractivity contribution < 1.29 is 0 Å². The highest BCUT2D eigenvalue weighted by Crippen LogP contribution is 2.19. The van der Waals surface area contributed by atoms with Gasteiger partial charge in [-0.3, -0.25) is 4.68 Å². The number of aromatic nitrogens is 4. The third-order valence-electron chi connectivity index (χ3n) is 3.06. The van der Waals surface area contributed by atoms with Crippen LogP contribution in [0.15, 0.2) is 18.5 Å². The minimum absolute atomic E-state index is 0.673. The van der Waals surface area contributed by atoms with E-state index in [1.807, 2.05) is 30.8 Å². The first-order chi connectivity index (χ1) is 9.74. The van der Waals surface area contributed by atoms with Crippen LogP contribution in [-0.2, 0) is 13.0 Å². The number of hydrogen-bond acceptors (Lipinski definition) is 6. The Balaban J connectivity index is 1.94. The van der Waals surface area contributed by atoms with E-state index in [9.17, 15) is 0 Å². The molecule has 0 aliphatic carbocycles. The lowest BCUT2D eigenvalue weighted by Gasteiger charge is -2.13. The molecule has 0 aliphatic rings. The lowest BCUT2D eigenvalue weighted by atomic mass is 10.3. The van der Waals surface area contributed by atoms with Crippen molar-refractivity contribution in [1.82, 2.24) is 19.7 Å². The molecular formula is C13H21N7. The highest BCUT2D eigenvalue weighted by Gasteiger charge is 2.08. The van der Waals surface area contributed by atoms with E-state index >= 15 is 0 Å². The minimum atomic E-state index is 0.673. The Morgan fingerprint density at radius 1 is 1.30 bits per heavy atom. The first-order valence-electron chi connectivity index (χ1n) is 6.80. The first-order valence-corrected chi connectivity index (χ1v) is 6.80. The molecule has 4 N–H and O–H groups in total. The summed E-state index contributed by atoms with van der Waals surface area (Å²) in [5, 5.41) is 7.51. The van der Waals surface area contributed by atoms with Crippen LogP contribution in [0.5, 0.6) is 0 Å². The van der Waals surface area contributed by atoms with Gasteiger partial charge in [0.15, 0.2) is 0 Å². The predicted molar refractivity (Wildman–Crippen MR) is 79.3 cm³/mol. The largest absolute Gasteiger partial charge is 0.370 e. The Hall–Kier alpha value is -2.15. The molecule has 0 bridgehead atoms. The van der Waals surface area contributed by atoms with Gasteiger partial charge >= 0.3 is 0 Å². The van der Waals surface area contributed by atoms with E-state index in [0.29, 0.717) is 5.82 Å². The lowest BCUT2D eigenvalue weighted by molar-refractivity contribution is 0.591. The summed E-state index contributed by atoms with van der Waals surface area (Å²) in [6, 6.07) is 1.93. The van der Waals surface area contributed by atoms with Gasteiger partial charge in [-0.15, -0.1) is 0 Å². The van der Waals surface area contributed by atoms with Crippen LogP contribution in [0.25, 0.3) is 0 Å². The molecule has 0 saturated heterocycles. The van der Waals surface area contributed by atoms with E-state index < -0.39 is 0 Å². The number of anilines is 2. The van der Waals surface area contributed by atoms with Crippen molar-refractivity contribution in [2.24, 2.45) is 5.84 Å². The maximum atomic E-state index is 5.48. The molecule has 0 fully saturated rings. The molecule has 0 amide bonds. The van der Waals surface area contributed by atoms with Gasteiger partial charge < -0.3 is 10.7 Å². The fourth-order valence-corrected chi connectivity index (χ4v) is 1.91. The Bertz CT molecular complexity index is 536. The van der Waals surface area contributed by atoms with Gasteiger partial charge in [0.25, 0.3) is 0 Å². The number of hydrazine groups is 1. The van der Waals surface area contributed by atoms with Gasteiger partial charge in [-0.1, -0.05) is 6.92 Å². The molecule has 0 unspecified atom stereocenters. The fraction of sp³-hybridized carbons (Fsp3) is 0.462. The molecule has 0 saturated carbocycles. The van der Waals surface area contributed by atoms with Crippen molar-refractivity contribution in [3.8, 4) is 0 Å². The van der Waals surface area contributed by atoms with Crippen LogP contribution in [0, 0.1) is 6.92 Å². The second-order valence-corrected chi connectivity index (χ2v) is 4.51. The fourth-order valence-electron chi connectivity index (χ4n) is 1.91. The molecule has 2 aromatic heterocycles. The van der Waals surface area contributed by atoms with Crippen LogP contribution in [-0.4, -0.2) is 26.3 Å². The van der Waals surface area contributed by atoms with Gasteiger partial charge in [0.05, 0.1) is 0 Å². The summed E-state index contributed by atoms with van der Waals surface area (Å²) in [5.41, 5.74) is 3.55. The van der Waals surface area contributed by atoms with Crippen molar-refractivity contribution >= 4 is 11.6 Å². The van der Waals surface area contributed by atoms with Crippen molar-refractivity contribution in [1.29, 1.82) is 0 Å². The highest BCUT2D eigenvalue weighted by molar-refractivity contribution is 5.56. The van der Waals surface area contributed by atoms with Crippen LogP contribution < -0.4 is 16.6 Å². The average Bonchev–Trinajstić information content (AvgIpc) is 2.98. The molecule has 0 aromatic carbocycles. The number of rotatable bonds is 7. The molecule has 2 aromatic rings. The van der Waals surface area contributed by atoms with E-state index in [1.54, 1.807) is 6.20 Å². The number of nitrogens with two attached hydrogens (primary N) is 1. The molecule has 108 valence electrons. The van der Waals surface area contributed by atoms with Crippen LogP contribution >= 0.6 is 0 Å². The van der Waals surface area contributed by atoms with Crippen LogP contribution in [0.4, 0.5) is 11.6 Å². The molecule has 7 nitrogen and oxygen atoms in total. The Morgan fingerprint density at radius 3 is 2.75 bits per heavy atom. The summed E-state index contributed by atoms with van der Waals surface area (Å²) < 4.78 is 1.92. The van der Waals surface area contributed by atoms with Gasteiger partial charge in [0.1, 0.15) is 17.5 Å². The number of nitrogen functional groups attached to an aromatic ring is 1. The molecule has 2 heterocycles. The maximum Gasteiger partial charge on any atom is 0.148 e. The van der Waals surface area contributed by atoms with Crippen LogP contribution in [0.2, 0.25) is 0 Å². The lowest BCUT2D eigenvalue weighted by Crippen LogP contribution is -2.15. The van der Waals surface area contributed by atoms with Crippen LogP contribution in [0.3, 0.4) is 0 Å².